The number of amides is 1. The minimum atomic E-state index is -1.01. The largest absolute Gasteiger partial charge is 0.450 e. The molecule has 4 aromatic rings. The maximum absolute atomic E-state index is 14.0. The molecule has 0 N–H and O–H groups in total. The lowest BCUT2D eigenvalue weighted by Gasteiger charge is -2.38. The van der Waals surface area contributed by atoms with Crippen molar-refractivity contribution in [3.05, 3.63) is 102 Å². The van der Waals surface area contributed by atoms with Gasteiger partial charge in [-0.05, 0) is 36.4 Å². The molecule has 0 radical (unpaired) electrons. The van der Waals surface area contributed by atoms with Crippen LogP contribution in [-0.2, 0) is 10.3 Å². The Morgan fingerprint density at radius 2 is 1.69 bits per heavy atom. The van der Waals surface area contributed by atoms with E-state index in [-0.39, 0.29) is 23.3 Å². The molecule has 2 aliphatic rings. The zero-order chi connectivity index (χ0) is 24.9. The van der Waals surface area contributed by atoms with Gasteiger partial charge >= 0.3 is 5.97 Å². The van der Waals surface area contributed by atoms with E-state index in [1.54, 1.807) is 41.6 Å². The van der Waals surface area contributed by atoms with Crippen molar-refractivity contribution in [1.29, 1.82) is 0 Å². The molecule has 2 aromatic carbocycles. The van der Waals surface area contributed by atoms with E-state index >= 15 is 0 Å². The number of aromatic nitrogens is 3. The molecule has 6 rings (SSSR count). The number of carbonyl (C=O) groups is 2. The highest BCUT2D eigenvalue weighted by atomic mass is 19.2. The number of carbonyl (C=O) groups excluding carboxylic acids is 2. The first-order chi connectivity index (χ1) is 17.4. The summed E-state index contributed by atoms with van der Waals surface area (Å²) < 4.78 is 34.8. The minimum absolute atomic E-state index is 0.173. The summed E-state index contributed by atoms with van der Waals surface area (Å²) in [7, 11) is 0. The number of halogens is 2. The average molecular weight is 486 g/mol. The average Bonchev–Trinajstić information content (AvgIpc) is 3.47. The second kappa shape index (κ2) is 8.37. The number of likely N-dealkylation sites (tertiary alicyclic amines) is 1. The summed E-state index contributed by atoms with van der Waals surface area (Å²) in [6, 6.07) is 15.9. The Bertz CT molecular complexity index is 1490. The van der Waals surface area contributed by atoms with E-state index in [9.17, 15) is 18.4 Å². The van der Waals surface area contributed by atoms with Gasteiger partial charge < -0.3 is 9.64 Å². The second-order valence-corrected chi connectivity index (χ2v) is 8.88. The van der Waals surface area contributed by atoms with Gasteiger partial charge in [-0.15, -0.1) is 0 Å². The molecule has 2 aromatic heterocycles. The fourth-order valence-electron chi connectivity index (χ4n) is 4.98. The number of ether oxygens (including phenoxy) is 1. The molecular formula is C27H20F2N4O3. The van der Waals surface area contributed by atoms with Gasteiger partial charge in [0, 0.05) is 55.5 Å². The fraction of sp³-hybridized carbons (Fsp3) is 0.185. The van der Waals surface area contributed by atoms with Crippen molar-refractivity contribution in [1.82, 2.24) is 19.7 Å². The highest BCUT2D eigenvalue weighted by molar-refractivity contribution is 5.95. The molecule has 2 aliphatic heterocycles. The third-order valence-corrected chi connectivity index (χ3v) is 6.84. The smallest absolute Gasteiger partial charge is 0.339 e. The van der Waals surface area contributed by atoms with Crippen molar-refractivity contribution < 1.29 is 23.1 Å². The third kappa shape index (κ3) is 3.55. The molecule has 7 nitrogen and oxygen atoms in total. The van der Waals surface area contributed by atoms with Crippen LogP contribution < -0.4 is 0 Å². The van der Waals surface area contributed by atoms with Gasteiger partial charge in [0.25, 0.3) is 5.91 Å². The predicted octanol–water partition coefficient (Wildman–Crippen LogP) is 4.51. The summed E-state index contributed by atoms with van der Waals surface area (Å²) >= 11 is 0. The Kier molecular flexibility index (Phi) is 5.13. The highest BCUT2D eigenvalue weighted by Crippen LogP contribution is 2.44. The van der Waals surface area contributed by atoms with Crippen LogP contribution in [0.15, 0.2) is 73.1 Å². The van der Waals surface area contributed by atoms with E-state index < -0.39 is 17.2 Å². The first-order valence-corrected chi connectivity index (χ1v) is 11.5. The summed E-state index contributed by atoms with van der Waals surface area (Å²) in [4.78, 5) is 31.5. The maximum Gasteiger partial charge on any atom is 0.339 e. The summed E-state index contributed by atoms with van der Waals surface area (Å²) in [5, 5.41) is 4.47. The van der Waals surface area contributed by atoms with Crippen molar-refractivity contribution >= 4 is 11.9 Å². The van der Waals surface area contributed by atoms with E-state index in [1.807, 2.05) is 18.2 Å². The molecule has 0 bridgehead atoms. The quantitative estimate of drug-likeness (QED) is 0.398. The lowest BCUT2D eigenvalue weighted by molar-refractivity contribution is -0.0390. The lowest BCUT2D eigenvalue weighted by Crippen LogP contribution is -2.45. The van der Waals surface area contributed by atoms with Gasteiger partial charge in [-0.25, -0.2) is 18.3 Å². The summed E-state index contributed by atoms with van der Waals surface area (Å²) in [5.74, 6) is -2.61. The van der Waals surface area contributed by atoms with Crippen molar-refractivity contribution in [2.75, 3.05) is 13.1 Å². The van der Waals surface area contributed by atoms with E-state index in [0.29, 0.717) is 42.8 Å². The number of fused-ring (bicyclic) bond motifs is 2. The van der Waals surface area contributed by atoms with Crippen molar-refractivity contribution in [2.24, 2.45) is 0 Å². The topological polar surface area (TPSA) is 77.3 Å². The zero-order valence-corrected chi connectivity index (χ0v) is 19.0. The molecule has 1 spiro atoms. The molecule has 0 saturated carbocycles. The van der Waals surface area contributed by atoms with Crippen LogP contribution in [-0.4, -0.2) is 44.6 Å². The minimum Gasteiger partial charge on any atom is -0.450 e. The molecule has 4 heterocycles. The number of piperidine rings is 1. The van der Waals surface area contributed by atoms with Crippen LogP contribution in [0, 0.1) is 11.6 Å². The molecule has 0 atom stereocenters. The number of esters is 1. The Morgan fingerprint density at radius 1 is 0.944 bits per heavy atom. The number of nitrogens with zero attached hydrogens (tertiary/aromatic N) is 4. The molecule has 1 saturated heterocycles. The summed E-state index contributed by atoms with van der Waals surface area (Å²) in [6.45, 7) is 0.756. The van der Waals surface area contributed by atoms with E-state index in [1.165, 1.54) is 10.7 Å². The van der Waals surface area contributed by atoms with Crippen LogP contribution in [0.4, 0.5) is 8.78 Å². The van der Waals surface area contributed by atoms with Crippen LogP contribution in [0.25, 0.3) is 16.9 Å². The maximum atomic E-state index is 14.0. The second-order valence-electron chi connectivity index (χ2n) is 8.88. The van der Waals surface area contributed by atoms with Crippen molar-refractivity contribution in [3.63, 3.8) is 0 Å². The normalized spacial score (nSPS) is 16.2. The standard InChI is InChI=1S/C27H20F2N4O3/c28-21-6-5-18(15-22(21)29)33-24(17-7-11-30-12-8-17)16-23(31-33)25(34)32-13-9-27(10-14-32)20-4-2-1-3-19(20)26(35)36-27/h1-8,11-12,15-16H,9-10,13-14H2. The zero-order valence-electron chi connectivity index (χ0n) is 19.0. The van der Waals surface area contributed by atoms with Crippen LogP contribution in [0.5, 0.6) is 0 Å². The predicted molar refractivity (Wildman–Crippen MR) is 125 cm³/mol. The molecule has 1 fully saturated rings. The number of rotatable bonds is 3. The molecule has 9 heteroatoms. The third-order valence-electron chi connectivity index (χ3n) is 6.84. The molecule has 0 aliphatic carbocycles. The lowest BCUT2D eigenvalue weighted by atomic mass is 9.83. The fourth-order valence-corrected chi connectivity index (χ4v) is 4.98. The van der Waals surface area contributed by atoms with Gasteiger partial charge in [0.2, 0.25) is 0 Å². The number of pyridine rings is 1. The Morgan fingerprint density at radius 3 is 2.44 bits per heavy atom. The van der Waals surface area contributed by atoms with Crippen LogP contribution >= 0.6 is 0 Å². The molecule has 180 valence electrons. The van der Waals surface area contributed by atoms with Gasteiger partial charge in [0.05, 0.1) is 16.9 Å². The van der Waals surface area contributed by atoms with E-state index in [0.717, 1.165) is 17.7 Å². The van der Waals surface area contributed by atoms with Gasteiger partial charge in [-0.1, -0.05) is 18.2 Å². The Balaban J connectivity index is 1.30. The van der Waals surface area contributed by atoms with Crippen LogP contribution in [0.3, 0.4) is 0 Å². The molecule has 0 unspecified atom stereocenters. The summed E-state index contributed by atoms with van der Waals surface area (Å²) in [5.41, 5.74) is 2.43. The molecule has 36 heavy (non-hydrogen) atoms. The Labute approximate surface area is 204 Å². The molecule has 1 amide bonds. The Hall–Kier alpha value is -4.40. The molecular weight excluding hydrogens is 466 g/mol. The van der Waals surface area contributed by atoms with Gasteiger partial charge in [0.15, 0.2) is 17.3 Å². The van der Waals surface area contributed by atoms with Gasteiger partial charge in [-0.2, -0.15) is 5.10 Å². The first kappa shape index (κ1) is 22.1. The monoisotopic (exact) mass is 486 g/mol. The van der Waals surface area contributed by atoms with Crippen molar-refractivity contribution in [2.45, 2.75) is 18.4 Å². The van der Waals surface area contributed by atoms with Crippen LogP contribution in [0.1, 0.15) is 39.3 Å². The van der Waals surface area contributed by atoms with Gasteiger partial charge in [-0.3, -0.25) is 9.78 Å². The number of hydrogen-bond donors (Lipinski definition) is 0. The van der Waals surface area contributed by atoms with E-state index in [2.05, 4.69) is 10.1 Å². The van der Waals surface area contributed by atoms with Crippen molar-refractivity contribution in [3.8, 4) is 16.9 Å². The summed E-state index contributed by atoms with van der Waals surface area (Å²) in [6.07, 6.45) is 4.15. The highest BCUT2D eigenvalue weighted by Gasteiger charge is 2.47. The SMILES string of the molecule is O=C1OC2(CCN(C(=O)c3cc(-c4ccncc4)n(-c4ccc(F)c(F)c4)n3)CC2)c2ccccc21. The van der Waals surface area contributed by atoms with Crippen LogP contribution in [0.2, 0.25) is 0 Å². The number of hydrogen-bond acceptors (Lipinski definition) is 5. The first-order valence-electron chi connectivity index (χ1n) is 11.5. The van der Waals surface area contributed by atoms with Gasteiger partial charge in [0.1, 0.15) is 5.60 Å². The number of benzene rings is 2. The van der Waals surface area contributed by atoms with E-state index in [4.69, 9.17) is 4.74 Å².